The molecule has 0 bridgehead atoms. The number of allylic oxidation sites excluding steroid dienone is 1. The Kier molecular flexibility index (Phi) is 5.95. The van der Waals surface area contributed by atoms with Gasteiger partial charge in [-0.1, -0.05) is 36.4 Å². The summed E-state index contributed by atoms with van der Waals surface area (Å²) in [6, 6.07) is 9.73. The highest BCUT2D eigenvalue weighted by Crippen LogP contribution is 2.04. The molecule has 0 aliphatic heterocycles. The molecule has 3 N–H and O–H groups in total. The number of hydrogen-bond acceptors (Lipinski definition) is 5. The van der Waals surface area contributed by atoms with E-state index in [0.717, 1.165) is 11.1 Å². The van der Waals surface area contributed by atoms with Crippen LogP contribution in [-0.2, 0) is 11.2 Å². The van der Waals surface area contributed by atoms with Crippen molar-refractivity contribution in [2.45, 2.75) is 19.8 Å². The SMILES string of the molecule is CC(/C=N/NC(=O)CCc1n[nH]c(=O)[nH]c1=O)=C\c1ccccc1. The van der Waals surface area contributed by atoms with E-state index in [-0.39, 0.29) is 24.4 Å². The van der Waals surface area contributed by atoms with Crippen LogP contribution in [0.3, 0.4) is 0 Å². The number of rotatable bonds is 6. The van der Waals surface area contributed by atoms with E-state index in [9.17, 15) is 14.4 Å². The van der Waals surface area contributed by atoms with Crippen molar-refractivity contribution in [3.63, 3.8) is 0 Å². The molecule has 0 spiro atoms. The number of nitrogens with zero attached hydrogens (tertiary/aromatic N) is 2. The number of benzene rings is 1. The predicted octanol–water partition coefficient (Wildman–Crippen LogP) is 0.596. The smallest absolute Gasteiger partial charge is 0.273 e. The summed E-state index contributed by atoms with van der Waals surface area (Å²) >= 11 is 0. The average molecular weight is 327 g/mol. The van der Waals surface area contributed by atoms with Crippen LogP contribution in [0.5, 0.6) is 0 Å². The molecular weight excluding hydrogens is 310 g/mol. The molecule has 0 aliphatic carbocycles. The molecule has 0 unspecified atom stereocenters. The van der Waals surface area contributed by atoms with Crippen molar-refractivity contribution in [1.82, 2.24) is 20.6 Å². The summed E-state index contributed by atoms with van der Waals surface area (Å²) < 4.78 is 0. The van der Waals surface area contributed by atoms with Gasteiger partial charge < -0.3 is 0 Å². The molecule has 1 aromatic carbocycles. The highest BCUT2D eigenvalue weighted by molar-refractivity contribution is 5.86. The van der Waals surface area contributed by atoms with E-state index in [4.69, 9.17) is 0 Å². The second kappa shape index (κ2) is 8.37. The fourth-order valence-electron chi connectivity index (χ4n) is 1.89. The van der Waals surface area contributed by atoms with Crippen molar-refractivity contribution >= 4 is 18.2 Å². The molecule has 0 saturated heterocycles. The van der Waals surface area contributed by atoms with Gasteiger partial charge in [0.05, 0.1) is 6.21 Å². The fourth-order valence-corrected chi connectivity index (χ4v) is 1.89. The number of carbonyl (C=O) groups excluding carboxylic acids is 1. The van der Waals surface area contributed by atoms with E-state index in [1.807, 2.05) is 48.3 Å². The molecule has 2 aromatic rings. The molecule has 1 aromatic heterocycles. The topological polar surface area (TPSA) is 120 Å². The molecule has 8 nitrogen and oxygen atoms in total. The zero-order valence-electron chi connectivity index (χ0n) is 13.1. The molecule has 0 fully saturated rings. The zero-order chi connectivity index (χ0) is 17.4. The molecule has 2 rings (SSSR count). The standard InChI is InChI=1S/C16H17N5O3/c1-11(9-12-5-3-2-4-6-12)10-17-20-14(22)8-7-13-15(23)18-16(24)21-19-13/h2-6,9-10H,7-8H2,1H3,(H,20,22)(H2,18,21,23,24)/b11-9+,17-10+. The van der Waals surface area contributed by atoms with Gasteiger partial charge in [-0.05, 0) is 18.1 Å². The second-order valence-electron chi connectivity index (χ2n) is 5.05. The number of aromatic amines is 2. The highest BCUT2D eigenvalue weighted by Gasteiger charge is 2.06. The Morgan fingerprint density at radius 2 is 2.04 bits per heavy atom. The van der Waals surface area contributed by atoms with Gasteiger partial charge in [0.2, 0.25) is 5.91 Å². The van der Waals surface area contributed by atoms with Crippen LogP contribution in [0.2, 0.25) is 0 Å². The minimum atomic E-state index is -0.682. The van der Waals surface area contributed by atoms with Gasteiger partial charge in [0.1, 0.15) is 5.69 Å². The quantitative estimate of drug-likeness (QED) is 0.531. The van der Waals surface area contributed by atoms with E-state index >= 15 is 0 Å². The van der Waals surface area contributed by atoms with Crippen molar-refractivity contribution in [2.75, 3.05) is 0 Å². The third kappa shape index (κ3) is 5.48. The predicted molar refractivity (Wildman–Crippen MR) is 90.5 cm³/mol. The molecule has 8 heteroatoms. The van der Waals surface area contributed by atoms with Crippen LogP contribution in [0.15, 0.2) is 50.6 Å². The van der Waals surface area contributed by atoms with Gasteiger partial charge in [-0.2, -0.15) is 10.2 Å². The molecule has 0 aliphatic rings. The van der Waals surface area contributed by atoms with Crippen molar-refractivity contribution in [3.05, 3.63) is 68.0 Å². The Hall–Kier alpha value is -3.29. The van der Waals surface area contributed by atoms with Crippen molar-refractivity contribution < 1.29 is 4.79 Å². The third-order valence-corrected chi connectivity index (χ3v) is 3.02. The maximum Gasteiger partial charge on any atom is 0.342 e. The van der Waals surface area contributed by atoms with Crippen LogP contribution in [0, 0.1) is 0 Å². The molecule has 0 atom stereocenters. The number of nitrogens with one attached hydrogen (secondary N) is 3. The molecular formula is C16H17N5O3. The number of hydrogen-bond donors (Lipinski definition) is 3. The Morgan fingerprint density at radius 3 is 2.75 bits per heavy atom. The molecule has 0 radical (unpaired) electrons. The van der Waals surface area contributed by atoms with Crippen LogP contribution in [-0.4, -0.2) is 27.3 Å². The van der Waals surface area contributed by atoms with Gasteiger partial charge in [0.15, 0.2) is 0 Å². The highest BCUT2D eigenvalue weighted by atomic mass is 16.2. The summed E-state index contributed by atoms with van der Waals surface area (Å²) in [5.41, 5.74) is 3.10. The van der Waals surface area contributed by atoms with Crippen LogP contribution in [0.25, 0.3) is 6.08 Å². The number of aromatic nitrogens is 3. The van der Waals surface area contributed by atoms with E-state index in [1.54, 1.807) is 0 Å². The Bertz CT molecular complexity index is 865. The van der Waals surface area contributed by atoms with Crippen molar-refractivity contribution in [3.8, 4) is 0 Å². The van der Waals surface area contributed by atoms with Gasteiger partial charge in [-0.25, -0.2) is 15.3 Å². The number of amides is 1. The largest absolute Gasteiger partial charge is 0.342 e. The van der Waals surface area contributed by atoms with Gasteiger partial charge in [-0.3, -0.25) is 14.6 Å². The Balaban J connectivity index is 1.83. The summed E-state index contributed by atoms with van der Waals surface area (Å²) in [6.45, 7) is 1.87. The fraction of sp³-hybridized carbons (Fsp3) is 0.188. The third-order valence-electron chi connectivity index (χ3n) is 3.02. The number of H-pyrrole nitrogens is 2. The second-order valence-corrected chi connectivity index (χ2v) is 5.05. The van der Waals surface area contributed by atoms with Crippen LogP contribution in [0.1, 0.15) is 24.6 Å². The zero-order valence-corrected chi connectivity index (χ0v) is 13.1. The first-order valence-corrected chi connectivity index (χ1v) is 7.28. The monoisotopic (exact) mass is 327 g/mol. The maximum absolute atomic E-state index is 11.7. The summed E-state index contributed by atoms with van der Waals surface area (Å²) in [4.78, 5) is 36.0. The molecule has 1 heterocycles. The van der Waals surface area contributed by atoms with Crippen molar-refractivity contribution in [1.29, 1.82) is 0 Å². The molecule has 0 saturated carbocycles. The maximum atomic E-state index is 11.7. The van der Waals surface area contributed by atoms with E-state index in [2.05, 4.69) is 20.7 Å². The minimum absolute atomic E-state index is 0.0287. The van der Waals surface area contributed by atoms with E-state index in [1.165, 1.54) is 6.21 Å². The number of aryl methyl sites for hydroxylation is 1. The summed E-state index contributed by atoms with van der Waals surface area (Å²) in [5, 5.41) is 9.57. The number of hydrazone groups is 1. The lowest BCUT2D eigenvalue weighted by Gasteiger charge is -1.99. The summed E-state index contributed by atoms with van der Waals surface area (Å²) in [5.74, 6) is -0.355. The molecule has 124 valence electrons. The first-order chi connectivity index (χ1) is 11.5. The summed E-state index contributed by atoms with van der Waals surface area (Å²) in [7, 11) is 0. The lowest BCUT2D eigenvalue weighted by molar-refractivity contribution is -0.121. The number of carbonyl (C=O) groups is 1. The first kappa shape index (κ1) is 17.1. The Labute approximate surface area is 137 Å². The molecule has 1 amide bonds. The average Bonchev–Trinajstić information content (AvgIpc) is 2.55. The van der Waals surface area contributed by atoms with Crippen LogP contribution < -0.4 is 16.7 Å². The minimum Gasteiger partial charge on any atom is -0.273 e. The Morgan fingerprint density at radius 1 is 1.29 bits per heavy atom. The van der Waals surface area contributed by atoms with E-state index < -0.39 is 11.2 Å². The van der Waals surface area contributed by atoms with Crippen LogP contribution in [0.4, 0.5) is 0 Å². The lowest BCUT2D eigenvalue weighted by Crippen LogP contribution is -2.28. The van der Waals surface area contributed by atoms with Crippen molar-refractivity contribution in [2.24, 2.45) is 5.10 Å². The first-order valence-electron chi connectivity index (χ1n) is 7.28. The normalized spacial score (nSPS) is 11.6. The molecule has 24 heavy (non-hydrogen) atoms. The summed E-state index contributed by atoms with van der Waals surface area (Å²) in [6.07, 6.45) is 3.60. The van der Waals surface area contributed by atoms with Gasteiger partial charge in [0.25, 0.3) is 5.56 Å². The van der Waals surface area contributed by atoms with Gasteiger partial charge in [0, 0.05) is 12.8 Å². The van der Waals surface area contributed by atoms with E-state index in [0.29, 0.717) is 0 Å². The lowest BCUT2D eigenvalue weighted by atomic mass is 10.1. The van der Waals surface area contributed by atoms with Gasteiger partial charge >= 0.3 is 5.69 Å². The van der Waals surface area contributed by atoms with Gasteiger partial charge in [-0.15, -0.1) is 0 Å². The van der Waals surface area contributed by atoms with Crippen LogP contribution >= 0.6 is 0 Å².